The van der Waals surface area contributed by atoms with Crippen molar-refractivity contribution in [2.24, 2.45) is 0 Å². The van der Waals surface area contributed by atoms with Crippen LogP contribution in [-0.4, -0.2) is 41.8 Å². The third-order valence-corrected chi connectivity index (χ3v) is 3.99. The summed E-state index contributed by atoms with van der Waals surface area (Å²) in [6.45, 7) is 4.19. The summed E-state index contributed by atoms with van der Waals surface area (Å²) >= 11 is 0. The maximum absolute atomic E-state index is 12.1. The van der Waals surface area contributed by atoms with Gasteiger partial charge in [0.2, 0.25) is 0 Å². The Bertz CT molecular complexity index is 680. The minimum atomic E-state index is -0.292. The molecule has 0 radical (unpaired) electrons. The molecule has 6 nitrogen and oxygen atoms in total. The van der Waals surface area contributed by atoms with Crippen LogP contribution in [-0.2, 0) is 4.79 Å². The van der Waals surface area contributed by atoms with E-state index in [4.69, 9.17) is 0 Å². The van der Waals surface area contributed by atoms with Crippen LogP contribution in [0, 0.1) is 0 Å². The molecule has 1 aliphatic carbocycles. The Morgan fingerprint density at radius 1 is 1.38 bits per heavy atom. The third-order valence-electron chi connectivity index (χ3n) is 3.99. The number of hydrogen-bond donors (Lipinski definition) is 3. The van der Waals surface area contributed by atoms with Crippen LogP contribution >= 0.6 is 0 Å². The predicted molar refractivity (Wildman–Crippen MR) is 93.9 cm³/mol. The van der Waals surface area contributed by atoms with Crippen molar-refractivity contribution in [2.75, 3.05) is 19.4 Å². The summed E-state index contributed by atoms with van der Waals surface area (Å²) in [6.07, 6.45) is 2.45. The van der Waals surface area contributed by atoms with Crippen LogP contribution in [0.25, 0.3) is 0 Å². The molecule has 0 aliphatic heterocycles. The van der Waals surface area contributed by atoms with Crippen molar-refractivity contribution in [3.8, 4) is 5.75 Å². The number of ketones is 1. The zero-order valence-corrected chi connectivity index (χ0v) is 14.6. The van der Waals surface area contributed by atoms with E-state index in [-0.39, 0.29) is 29.0 Å². The lowest BCUT2D eigenvalue weighted by Crippen LogP contribution is -2.36. The molecule has 0 saturated heterocycles. The van der Waals surface area contributed by atoms with Gasteiger partial charge in [-0.05, 0) is 25.5 Å². The number of carbonyl (C=O) groups excluding carboxylic acids is 2. The van der Waals surface area contributed by atoms with Crippen molar-refractivity contribution in [3.05, 3.63) is 35.2 Å². The number of aromatic hydroxyl groups is 1. The zero-order valence-electron chi connectivity index (χ0n) is 14.6. The Hall–Kier alpha value is -2.50. The van der Waals surface area contributed by atoms with Gasteiger partial charge in [-0.3, -0.25) is 9.59 Å². The molecular weight excluding hydrogens is 306 g/mol. The molecule has 3 N–H and O–H groups in total. The van der Waals surface area contributed by atoms with Crippen LogP contribution in [0.15, 0.2) is 29.6 Å². The van der Waals surface area contributed by atoms with E-state index in [1.807, 2.05) is 0 Å². The summed E-state index contributed by atoms with van der Waals surface area (Å²) in [5.41, 5.74) is 1.87. The summed E-state index contributed by atoms with van der Waals surface area (Å²) < 4.78 is 0. The fourth-order valence-corrected chi connectivity index (χ4v) is 2.66. The minimum absolute atomic E-state index is 0.00932. The second-order valence-electron chi connectivity index (χ2n) is 6.31. The van der Waals surface area contributed by atoms with Crippen LogP contribution in [0.2, 0.25) is 0 Å². The van der Waals surface area contributed by atoms with Crippen LogP contribution in [0.3, 0.4) is 0 Å². The number of para-hydroxylation sites is 1. The molecule has 2 rings (SSSR count). The molecule has 130 valence electrons. The Morgan fingerprint density at radius 2 is 2.08 bits per heavy atom. The molecule has 0 fully saturated rings. The summed E-state index contributed by atoms with van der Waals surface area (Å²) in [4.78, 5) is 25.4. The fourth-order valence-electron chi connectivity index (χ4n) is 2.66. The number of Topliss-reactive ketones (excluding diaryl/α,β-unsaturated/α-hetero) is 1. The van der Waals surface area contributed by atoms with Gasteiger partial charge >= 0.3 is 0 Å². The highest BCUT2D eigenvalue weighted by Gasteiger charge is 2.29. The number of rotatable bonds is 7. The molecule has 1 aromatic rings. The molecule has 24 heavy (non-hydrogen) atoms. The van der Waals surface area contributed by atoms with Crippen molar-refractivity contribution >= 4 is 17.4 Å². The lowest BCUT2D eigenvalue weighted by atomic mass is 9.97. The van der Waals surface area contributed by atoms with Crippen LogP contribution in [0.1, 0.15) is 43.5 Å². The second kappa shape index (κ2) is 7.38. The number of nitrogens with zero attached hydrogens (tertiary/aromatic N) is 1. The van der Waals surface area contributed by atoms with Crippen molar-refractivity contribution in [1.29, 1.82) is 0 Å². The van der Waals surface area contributed by atoms with Gasteiger partial charge in [0.15, 0.2) is 11.5 Å². The number of phenols is 1. The molecule has 1 amide bonds. The SMILES string of the molecule is CCCC(C)NC1=C(Nc2cccc(C(=O)N(C)C)c2O)C(=O)C1. The van der Waals surface area contributed by atoms with E-state index in [9.17, 15) is 14.7 Å². The number of nitrogens with one attached hydrogen (secondary N) is 2. The first-order valence-corrected chi connectivity index (χ1v) is 8.18. The highest BCUT2D eigenvalue weighted by atomic mass is 16.3. The monoisotopic (exact) mass is 331 g/mol. The van der Waals surface area contributed by atoms with Crippen molar-refractivity contribution < 1.29 is 14.7 Å². The molecular formula is C18H25N3O3. The summed E-state index contributed by atoms with van der Waals surface area (Å²) in [7, 11) is 3.24. The number of anilines is 1. The number of carbonyl (C=O) groups is 2. The quantitative estimate of drug-likeness (QED) is 0.669. The van der Waals surface area contributed by atoms with Gasteiger partial charge in [0.05, 0.1) is 17.7 Å². The van der Waals surface area contributed by atoms with E-state index < -0.39 is 0 Å². The number of allylic oxidation sites excluding steroid dienone is 2. The highest BCUT2D eigenvalue weighted by molar-refractivity contribution is 6.07. The summed E-state index contributed by atoms with van der Waals surface area (Å²) in [5.74, 6) is -0.450. The maximum atomic E-state index is 12.1. The van der Waals surface area contributed by atoms with Gasteiger partial charge in [0.1, 0.15) is 5.70 Å². The second-order valence-corrected chi connectivity index (χ2v) is 6.31. The first-order chi connectivity index (χ1) is 11.3. The van der Waals surface area contributed by atoms with E-state index in [0.29, 0.717) is 17.8 Å². The molecule has 6 heteroatoms. The van der Waals surface area contributed by atoms with Gasteiger partial charge in [0, 0.05) is 25.8 Å². The van der Waals surface area contributed by atoms with E-state index in [0.717, 1.165) is 18.5 Å². The number of hydrogen-bond acceptors (Lipinski definition) is 5. The lowest BCUT2D eigenvalue weighted by Gasteiger charge is -2.28. The van der Waals surface area contributed by atoms with E-state index in [2.05, 4.69) is 24.5 Å². The van der Waals surface area contributed by atoms with Gasteiger partial charge in [0.25, 0.3) is 5.91 Å². The average molecular weight is 331 g/mol. The molecule has 0 saturated carbocycles. The molecule has 0 bridgehead atoms. The van der Waals surface area contributed by atoms with E-state index in [1.165, 1.54) is 4.90 Å². The van der Waals surface area contributed by atoms with E-state index in [1.54, 1.807) is 32.3 Å². The molecule has 0 aromatic heterocycles. The molecule has 0 spiro atoms. The third kappa shape index (κ3) is 3.69. The Labute approximate surface area is 142 Å². The van der Waals surface area contributed by atoms with Gasteiger partial charge in [-0.2, -0.15) is 0 Å². The minimum Gasteiger partial charge on any atom is -0.505 e. The highest BCUT2D eigenvalue weighted by Crippen LogP contribution is 2.32. The van der Waals surface area contributed by atoms with Gasteiger partial charge in [-0.1, -0.05) is 19.4 Å². The molecule has 1 atom stereocenters. The lowest BCUT2D eigenvalue weighted by molar-refractivity contribution is -0.116. The Kier molecular flexibility index (Phi) is 5.49. The molecule has 1 unspecified atom stereocenters. The first-order valence-electron chi connectivity index (χ1n) is 8.18. The standard InChI is InChI=1S/C18H25N3O3/c1-5-7-11(2)19-14-10-15(22)16(14)20-13-9-6-8-12(17(13)23)18(24)21(3)4/h6,8-9,11,19-20,23H,5,7,10H2,1-4H3. The first kappa shape index (κ1) is 17.8. The molecule has 1 aliphatic rings. The van der Waals surface area contributed by atoms with Gasteiger partial charge in [-0.25, -0.2) is 0 Å². The van der Waals surface area contributed by atoms with Crippen LogP contribution < -0.4 is 10.6 Å². The Morgan fingerprint density at radius 3 is 2.67 bits per heavy atom. The summed E-state index contributed by atoms with van der Waals surface area (Å²) in [5, 5.41) is 16.7. The van der Waals surface area contributed by atoms with Gasteiger partial charge < -0.3 is 20.6 Å². The number of phenolic OH excluding ortho intramolecular Hbond substituents is 1. The zero-order chi connectivity index (χ0) is 17.9. The van der Waals surface area contributed by atoms with Gasteiger partial charge in [-0.15, -0.1) is 0 Å². The van der Waals surface area contributed by atoms with Crippen molar-refractivity contribution in [2.45, 2.75) is 39.2 Å². The summed E-state index contributed by atoms with van der Waals surface area (Å²) in [6, 6.07) is 5.16. The molecule has 0 heterocycles. The number of benzene rings is 1. The smallest absolute Gasteiger partial charge is 0.257 e. The number of amides is 1. The fraction of sp³-hybridized carbons (Fsp3) is 0.444. The maximum Gasteiger partial charge on any atom is 0.257 e. The van der Waals surface area contributed by atoms with E-state index >= 15 is 0 Å². The van der Waals surface area contributed by atoms with Crippen LogP contribution in [0.5, 0.6) is 5.75 Å². The normalized spacial score (nSPS) is 14.9. The van der Waals surface area contributed by atoms with Crippen molar-refractivity contribution in [1.82, 2.24) is 10.2 Å². The van der Waals surface area contributed by atoms with Crippen LogP contribution in [0.4, 0.5) is 5.69 Å². The topological polar surface area (TPSA) is 81.7 Å². The largest absolute Gasteiger partial charge is 0.505 e. The Balaban J connectivity index is 2.22. The van der Waals surface area contributed by atoms with Crippen molar-refractivity contribution in [3.63, 3.8) is 0 Å². The predicted octanol–water partition coefficient (Wildman–Crippen LogP) is 2.47. The molecule has 1 aromatic carbocycles. The average Bonchev–Trinajstić information content (AvgIpc) is 2.53.